The van der Waals surface area contributed by atoms with Crippen LogP contribution in [0.2, 0.25) is 0 Å². The Labute approximate surface area is 121 Å². The third-order valence-electron chi connectivity index (χ3n) is 3.30. The highest BCUT2D eigenvalue weighted by atomic mass is 32.2. The first-order chi connectivity index (χ1) is 9.63. The first kappa shape index (κ1) is 14.9. The summed E-state index contributed by atoms with van der Waals surface area (Å²) in [4.78, 5) is 29.6. The maximum absolute atomic E-state index is 11.9. The number of H-pyrrole nitrogens is 1. The second-order valence-electron chi connectivity index (χ2n) is 5.02. The number of carbonyl (C=O) groups is 1. The third kappa shape index (κ3) is 4.88. The molecule has 7 heteroatoms. The fraction of sp³-hybridized carbons (Fsp3) is 0.615. The highest BCUT2D eigenvalue weighted by molar-refractivity contribution is 7.99. The Balaban J connectivity index is 1.80. The summed E-state index contributed by atoms with van der Waals surface area (Å²) in [6.45, 7) is 0. The van der Waals surface area contributed by atoms with Crippen molar-refractivity contribution in [3.63, 3.8) is 0 Å². The van der Waals surface area contributed by atoms with Gasteiger partial charge in [0.2, 0.25) is 5.91 Å². The minimum atomic E-state index is -0.302. The summed E-state index contributed by atoms with van der Waals surface area (Å²) in [5, 5.41) is 3.43. The lowest BCUT2D eigenvalue weighted by Crippen LogP contribution is -2.35. The zero-order valence-electron chi connectivity index (χ0n) is 11.4. The van der Waals surface area contributed by atoms with Crippen LogP contribution in [0, 0.1) is 0 Å². The number of nitrogen functional groups attached to an aromatic ring is 1. The first-order valence-corrected chi connectivity index (χ1v) is 7.91. The van der Waals surface area contributed by atoms with Gasteiger partial charge in [-0.05, 0) is 12.8 Å². The van der Waals surface area contributed by atoms with Gasteiger partial charge in [-0.3, -0.25) is 9.59 Å². The summed E-state index contributed by atoms with van der Waals surface area (Å²) >= 11 is 1.19. The van der Waals surface area contributed by atoms with Crippen molar-refractivity contribution in [3.05, 3.63) is 16.4 Å². The lowest BCUT2D eigenvalue weighted by molar-refractivity contribution is -0.119. The van der Waals surface area contributed by atoms with Gasteiger partial charge in [-0.1, -0.05) is 37.4 Å². The van der Waals surface area contributed by atoms with Gasteiger partial charge >= 0.3 is 0 Å². The first-order valence-electron chi connectivity index (χ1n) is 6.92. The van der Waals surface area contributed by atoms with Crippen LogP contribution in [0.25, 0.3) is 0 Å². The van der Waals surface area contributed by atoms with E-state index in [1.165, 1.54) is 43.5 Å². The molecule has 1 fully saturated rings. The smallest absolute Gasteiger partial charge is 0.253 e. The number of nitrogens with zero attached hydrogens (tertiary/aromatic N) is 1. The molecule has 1 aromatic heterocycles. The topological polar surface area (TPSA) is 101 Å². The van der Waals surface area contributed by atoms with Crippen molar-refractivity contribution in [1.82, 2.24) is 15.3 Å². The van der Waals surface area contributed by atoms with Gasteiger partial charge in [-0.2, -0.15) is 0 Å². The maximum atomic E-state index is 11.9. The third-order valence-corrected chi connectivity index (χ3v) is 4.17. The standard InChI is InChI=1S/C13H20N4O2S/c14-10-7-11(18)17-13(16-10)20-8-12(19)15-9-5-3-1-2-4-6-9/h7,9H,1-6,8H2,(H,15,19)(H3,14,16,17,18). The van der Waals surface area contributed by atoms with Crippen LogP contribution < -0.4 is 16.6 Å². The summed E-state index contributed by atoms with van der Waals surface area (Å²) in [5.74, 6) is 0.385. The lowest BCUT2D eigenvalue weighted by atomic mass is 10.1. The van der Waals surface area contributed by atoms with E-state index in [9.17, 15) is 9.59 Å². The molecule has 1 aliphatic rings. The van der Waals surface area contributed by atoms with Crippen LogP contribution in [0.4, 0.5) is 5.82 Å². The van der Waals surface area contributed by atoms with E-state index in [1.54, 1.807) is 0 Å². The Morgan fingerprint density at radius 2 is 2.10 bits per heavy atom. The van der Waals surface area contributed by atoms with Crippen LogP contribution in [0.1, 0.15) is 38.5 Å². The Kier molecular flexibility index (Phi) is 5.46. The molecule has 2 rings (SSSR count). The molecule has 1 heterocycles. The largest absolute Gasteiger partial charge is 0.383 e. The predicted octanol–water partition coefficient (Wildman–Crippen LogP) is 1.28. The number of hydrogen-bond donors (Lipinski definition) is 3. The Bertz CT molecular complexity index is 509. The minimum Gasteiger partial charge on any atom is -0.383 e. The predicted molar refractivity (Wildman–Crippen MR) is 79.6 cm³/mol. The van der Waals surface area contributed by atoms with Crippen molar-refractivity contribution in [3.8, 4) is 0 Å². The van der Waals surface area contributed by atoms with E-state index in [2.05, 4.69) is 15.3 Å². The SMILES string of the molecule is Nc1cc(=O)[nH]c(SCC(=O)NC2CCCCCC2)n1. The molecule has 0 saturated heterocycles. The maximum Gasteiger partial charge on any atom is 0.253 e. The van der Waals surface area contributed by atoms with E-state index in [1.807, 2.05) is 0 Å². The average Bonchev–Trinajstić information content (AvgIpc) is 2.64. The van der Waals surface area contributed by atoms with Crippen LogP contribution in [0.5, 0.6) is 0 Å². The van der Waals surface area contributed by atoms with Gasteiger partial charge in [0.05, 0.1) is 5.75 Å². The fourth-order valence-corrected chi connectivity index (χ4v) is 3.04. The number of anilines is 1. The molecular weight excluding hydrogens is 276 g/mol. The van der Waals surface area contributed by atoms with Crippen LogP contribution >= 0.6 is 11.8 Å². The van der Waals surface area contributed by atoms with E-state index in [-0.39, 0.29) is 23.0 Å². The molecule has 0 aliphatic heterocycles. The quantitative estimate of drug-likeness (QED) is 0.441. The molecule has 0 atom stereocenters. The monoisotopic (exact) mass is 296 g/mol. The minimum absolute atomic E-state index is 0.0213. The second kappa shape index (κ2) is 7.33. The normalized spacial score (nSPS) is 16.6. The van der Waals surface area contributed by atoms with E-state index < -0.39 is 0 Å². The number of carbonyl (C=O) groups excluding carboxylic acids is 1. The van der Waals surface area contributed by atoms with Gasteiger partial charge in [-0.15, -0.1) is 0 Å². The van der Waals surface area contributed by atoms with Crippen molar-refractivity contribution in [1.29, 1.82) is 0 Å². The van der Waals surface area contributed by atoms with Crippen molar-refractivity contribution in [2.24, 2.45) is 0 Å². The second-order valence-corrected chi connectivity index (χ2v) is 5.98. The van der Waals surface area contributed by atoms with Crippen LogP contribution in [0.3, 0.4) is 0 Å². The fourth-order valence-electron chi connectivity index (χ4n) is 2.35. The number of aromatic nitrogens is 2. The zero-order chi connectivity index (χ0) is 14.4. The van der Waals surface area contributed by atoms with E-state index >= 15 is 0 Å². The van der Waals surface area contributed by atoms with E-state index in [0.717, 1.165) is 12.8 Å². The van der Waals surface area contributed by atoms with Crippen LogP contribution in [-0.4, -0.2) is 27.7 Å². The highest BCUT2D eigenvalue weighted by Crippen LogP contribution is 2.18. The van der Waals surface area contributed by atoms with Gasteiger partial charge in [0, 0.05) is 12.1 Å². The van der Waals surface area contributed by atoms with Gasteiger partial charge in [0.15, 0.2) is 5.16 Å². The summed E-state index contributed by atoms with van der Waals surface area (Å²) in [5.41, 5.74) is 5.19. The molecule has 1 aliphatic carbocycles. The number of nitrogens with two attached hydrogens (primary N) is 1. The Morgan fingerprint density at radius 1 is 1.40 bits per heavy atom. The lowest BCUT2D eigenvalue weighted by Gasteiger charge is -2.15. The van der Waals surface area contributed by atoms with Gasteiger partial charge < -0.3 is 16.0 Å². The molecule has 0 unspecified atom stereocenters. The zero-order valence-corrected chi connectivity index (χ0v) is 12.2. The highest BCUT2D eigenvalue weighted by Gasteiger charge is 2.15. The molecule has 1 amide bonds. The molecule has 0 radical (unpaired) electrons. The van der Waals surface area contributed by atoms with Crippen LogP contribution in [0.15, 0.2) is 16.0 Å². The molecule has 1 aromatic rings. The van der Waals surface area contributed by atoms with Crippen molar-refractivity contribution in [2.45, 2.75) is 49.7 Å². The summed E-state index contributed by atoms with van der Waals surface area (Å²) in [6, 6.07) is 1.51. The average molecular weight is 296 g/mol. The van der Waals surface area contributed by atoms with Gasteiger partial charge in [0.25, 0.3) is 5.56 Å². The summed E-state index contributed by atoms with van der Waals surface area (Å²) in [7, 11) is 0. The van der Waals surface area contributed by atoms with Gasteiger partial charge in [-0.25, -0.2) is 4.98 Å². The molecule has 1 saturated carbocycles. The molecular formula is C13H20N4O2S. The Morgan fingerprint density at radius 3 is 2.75 bits per heavy atom. The Hall–Kier alpha value is -1.50. The van der Waals surface area contributed by atoms with Gasteiger partial charge in [0.1, 0.15) is 5.82 Å². The number of thioether (sulfide) groups is 1. The van der Waals surface area contributed by atoms with Crippen molar-refractivity contribution in [2.75, 3.05) is 11.5 Å². The van der Waals surface area contributed by atoms with Crippen LogP contribution in [-0.2, 0) is 4.79 Å². The molecule has 0 spiro atoms. The number of aromatic amines is 1. The van der Waals surface area contributed by atoms with E-state index in [4.69, 9.17) is 5.73 Å². The van der Waals surface area contributed by atoms with Crippen molar-refractivity contribution < 1.29 is 4.79 Å². The number of hydrogen-bond acceptors (Lipinski definition) is 5. The molecule has 6 nitrogen and oxygen atoms in total. The van der Waals surface area contributed by atoms with Crippen molar-refractivity contribution >= 4 is 23.5 Å². The molecule has 4 N–H and O–H groups in total. The number of nitrogens with one attached hydrogen (secondary N) is 2. The summed E-state index contributed by atoms with van der Waals surface area (Å²) in [6.07, 6.45) is 7.00. The molecule has 110 valence electrons. The van der Waals surface area contributed by atoms with E-state index in [0.29, 0.717) is 11.2 Å². The molecule has 0 aromatic carbocycles. The molecule has 20 heavy (non-hydrogen) atoms. The number of rotatable bonds is 4. The number of amides is 1. The molecule has 0 bridgehead atoms. The summed E-state index contributed by atoms with van der Waals surface area (Å²) < 4.78 is 0.